The topological polar surface area (TPSA) is 75.4 Å². The number of aromatic nitrogens is 2. The van der Waals surface area contributed by atoms with Crippen LogP contribution in [-0.4, -0.2) is 44.8 Å². The van der Waals surface area contributed by atoms with Crippen LogP contribution < -0.4 is 0 Å². The van der Waals surface area contributed by atoms with Crippen molar-refractivity contribution in [2.75, 3.05) is 13.1 Å². The lowest BCUT2D eigenvalue weighted by Gasteiger charge is -2.34. The number of hydrogen-bond donors (Lipinski definition) is 1. The smallest absolute Gasteiger partial charge is 0.306 e. The van der Waals surface area contributed by atoms with E-state index < -0.39 is 5.97 Å². The van der Waals surface area contributed by atoms with Crippen LogP contribution >= 0.6 is 15.9 Å². The Morgan fingerprint density at radius 3 is 2.79 bits per heavy atom. The quantitative estimate of drug-likeness (QED) is 0.872. The first kappa shape index (κ1) is 16.7. The molecule has 0 spiro atoms. The molecule has 2 heterocycles. The molecule has 2 unspecified atom stereocenters. The first-order valence-corrected chi connectivity index (χ1v) is 8.58. The van der Waals surface area contributed by atoms with E-state index in [2.05, 4.69) is 21.0 Å². The molecule has 1 fully saturated rings. The lowest BCUT2D eigenvalue weighted by molar-refractivity contribution is -0.145. The van der Waals surface area contributed by atoms with Crippen LogP contribution in [0.25, 0.3) is 5.69 Å². The number of carbonyl (C=O) groups excluding carboxylic acids is 1. The number of piperidine rings is 1. The highest BCUT2D eigenvalue weighted by Gasteiger charge is 2.33. The lowest BCUT2D eigenvalue weighted by Crippen LogP contribution is -2.45. The number of carbonyl (C=O) groups is 2. The van der Waals surface area contributed by atoms with E-state index in [1.807, 2.05) is 31.2 Å². The van der Waals surface area contributed by atoms with Gasteiger partial charge >= 0.3 is 5.97 Å². The molecule has 1 aliphatic rings. The average Bonchev–Trinajstić information content (AvgIpc) is 3.03. The highest BCUT2D eigenvalue weighted by Crippen LogP contribution is 2.24. The predicted octanol–water partition coefficient (Wildman–Crippen LogP) is 2.82. The summed E-state index contributed by atoms with van der Waals surface area (Å²) in [4.78, 5) is 25.5. The van der Waals surface area contributed by atoms with Gasteiger partial charge in [-0.2, -0.15) is 5.10 Å². The normalized spacial score (nSPS) is 20.8. The summed E-state index contributed by atoms with van der Waals surface area (Å²) in [6.07, 6.45) is 2.23. The van der Waals surface area contributed by atoms with Crippen LogP contribution in [-0.2, 0) is 4.79 Å². The fraction of sp³-hybridized carbons (Fsp3) is 0.353. The van der Waals surface area contributed by atoms with Crippen LogP contribution in [0.4, 0.5) is 0 Å². The van der Waals surface area contributed by atoms with Gasteiger partial charge in [-0.25, -0.2) is 4.68 Å². The molecule has 7 heteroatoms. The van der Waals surface area contributed by atoms with Gasteiger partial charge in [0.05, 0.1) is 11.6 Å². The Morgan fingerprint density at radius 1 is 1.33 bits per heavy atom. The average molecular weight is 392 g/mol. The zero-order chi connectivity index (χ0) is 17.3. The summed E-state index contributed by atoms with van der Waals surface area (Å²) >= 11 is 3.42. The van der Waals surface area contributed by atoms with Gasteiger partial charge in [0, 0.05) is 23.8 Å². The highest BCUT2D eigenvalue weighted by atomic mass is 79.9. The van der Waals surface area contributed by atoms with Crippen molar-refractivity contribution in [1.29, 1.82) is 0 Å². The fourth-order valence-corrected chi connectivity index (χ4v) is 3.45. The molecule has 1 saturated heterocycles. The van der Waals surface area contributed by atoms with Crippen LogP contribution in [0.5, 0.6) is 0 Å². The Labute approximate surface area is 148 Å². The van der Waals surface area contributed by atoms with E-state index in [1.165, 1.54) is 0 Å². The maximum atomic E-state index is 12.6. The Morgan fingerprint density at radius 2 is 2.12 bits per heavy atom. The Hall–Kier alpha value is -2.15. The van der Waals surface area contributed by atoms with Gasteiger partial charge in [-0.05, 0) is 36.6 Å². The van der Waals surface area contributed by atoms with Crippen molar-refractivity contribution in [3.05, 3.63) is 46.7 Å². The number of likely N-dealkylation sites (tertiary alicyclic amines) is 1. The van der Waals surface area contributed by atoms with Gasteiger partial charge in [-0.3, -0.25) is 9.59 Å². The Bertz CT molecular complexity index is 774. The van der Waals surface area contributed by atoms with E-state index >= 15 is 0 Å². The zero-order valence-corrected chi connectivity index (χ0v) is 14.8. The van der Waals surface area contributed by atoms with Gasteiger partial charge in [0.25, 0.3) is 5.91 Å². The van der Waals surface area contributed by atoms with Gasteiger partial charge in [-0.15, -0.1) is 0 Å². The van der Waals surface area contributed by atoms with Gasteiger partial charge in [0.2, 0.25) is 0 Å². The minimum Gasteiger partial charge on any atom is -0.481 e. The molecule has 1 aromatic heterocycles. The first-order chi connectivity index (χ1) is 11.5. The van der Waals surface area contributed by atoms with Crippen molar-refractivity contribution in [2.45, 2.75) is 13.3 Å². The van der Waals surface area contributed by atoms with Crippen LogP contribution in [0.15, 0.2) is 41.0 Å². The zero-order valence-electron chi connectivity index (χ0n) is 13.2. The highest BCUT2D eigenvalue weighted by molar-refractivity contribution is 9.10. The van der Waals surface area contributed by atoms with Gasteiger partial charge < -0.3 is 10.0 Å². The van der Waals surface area contributed by atoms with Crippen molar-refractivity contribution < 1.29 is 14.7 Å². The SMILES string of the molecule is CC1CN(C(=O)c2ccn(-c3cccc(Br)c3)n2)CCC1C(=O)O. The summed E-state index contributed by atoms with van der Waals surface area (Å²) in [5.41, 5.74) is 1.23. The van der Waals surface area contributed by atoms with Gasteiger partial charge in [0.15, 0.2) is 5.69 Å². The molecule has 24 heavy (non-hydrogen) atoms. The van der Waals surface area contributed by atoms with Crippen molar-refractivity contribution in [1.82, 2.24) is 14.7 Å². The number of amides is 1. The molecule has 1 aliphatic heterocycles. The summed E-state index contributed by atoms with van der Waals surface area (Å²) in [5, 5.41) is 13.5. The van der Waals surface area contributed by atoms with Crippen LogP contribution in [0.2, 0.25) is 0 Å². The maximum absolute atomic E-state index is 12.6. The Kier molecular flexibility index (Phi) is 4.71. The lowest BCUT2D eigenvalue weighted by atomic mass is 9.87. The number of hydrogen-bond acceptors (Lipinski definition) is 3. The number of carboxylic acids is 1. The molecular formula is C17H18BrN3O3. The second-order valence-corrected chi connectivity index (χ2v) is 7.00. The molecule has 1 amide bonds. The molecule has 6 nitrogen and oxygen atoms in total. The summed E-state index contributed by atoms with van der Waals surface area (Å²) in [7, 11) is 0. The van der Waals surface area contributed by atoms with Crippen LogP contribution in [0, 0.1) is 11.8 Å². The van der Waals surface area contributed by atoms with Crippen molar-refractivity contribution >= 4 is 27.8 Å². The third kappa shape index (κ3) is 3.36. The van der Waals surface area contributed by atoms with Gasteiger partial charge in [-0.1, -0.05) is 28.9 Å². The number of nitrogens with zero attached hydrogens (tertiary/aromatic N) is 3. The number of halogens is 1. The number of carboxylic acid groups (broad SMARTS) is 1. The third-order valence-electron chi connectivity index (χ3n) is 4.39. The summed E-state index contributed by atoms with van der Waals surface area (Å²) in [6.45, 7) is 2.77. The third-order valence-corrected chi connectivity index (χ3v) is 4.88. The number of benzene rings is 1. The minimum atomic E-state index is -0.784. The summed E-state index contributed by atoms with van der Waals surface area (Å²) in [6, 6.07) is 9.35. The largest absolute Gasteiger partial charge is 0.481 e. The maximum Gasteiger partial charge on any atom is 0.306 e. The monoisotopic (exact) mass is 391 g/mol. The van der Waals surface area contributed by atoms with E-state index in [0.717, 1.165) is 10.2 Å². The second kappa shape index (κ2) is 6.76. The summed E-state index contributed by atoms with van der Waals surface area (Å²) < 4.78 is 2.60. The molecule has 126 valence electrons. The number of rotatable bonds is 3. The molecule has 0 aliphatic carbocycles. The van der Waals surface area contributed by atoms with Crippen molar-refractivity contribution in [2.24, 2.45) is 11.8 Å². The second-order valence-electron chi connectivity index (χ2n) is 6.09. The molecule has 1 N–H and O–H groups in total. The molecule has 0 saturated carbocycles. The number of aliphatic carboxylic acids is 1. The summed E-state index contributed by atoms with van der Waals surface area (Å²) in [5.74, 6) is -1.38. The molecule has 1 aromatic carbocycles. The Balaban J connectivity index is 1.74. The van der Waals surface area contributed by atoms with Crippen LogP contribution in [0.1, 0.15) is 23.8 Å². The van der Waals surface area contributed by atoms with E-state index in [4.69, 9.17) is 0 Å². The first-order valence-electron chi connectivity index (χ1n) is 7.79. The predicted molar refractivity (Wildman–Crippen MR) is 92.1 cm³/mol. The van der Waals surface area contributed by atoms with E-state index in [1.54, 1.807) is 21.8 Å². The van der Waals surface area contributed by atoms with E-state index in [0.29, 0.717) is 25.2 Å². The standard InChI is InChI=1S/C17H18BrN3O3/c1-11-10-20(7-5-14(11)17(23)24)16(22)15-6-8-21(19-15)13-4-2-3-12(18)9-13/h2-4,6,8-9,11,14H,5,7,10H2,1H3,(H,23,24). The van der Waals surface area contributed by atoms with Gasteiger partial charge in [0.1, 0.15) is 0 Å². The van der Waals surface area contributed by atoms with E-state index in [9.17, 15) is 14.7 Å². The van der Waals surface area contributed by atoms with Crippen molar-refractivity contribution in [3.63, 3.8) is 0 Å². The fourth-order valence-electron chi connectivity index (χ4n) is 3.06. The molecule has 2 atom stereocenters. The minimum absolute atomic E-state index is 0.0626. The molecule has 2 aromatic rings. The molecule has 3 rings (SSSR count). The molecular weight excluding hydrogens is 374 g/mol. The van der Waals surface area contributed by atoms with Crippen LogP contribution in [0.3, 0.4) is 0 Å². The molecule has 0 radical (unpaired) electrons. The van der Waals surface area contributed by atoms with Crippen molar-refractivity contribution in [3.8, 4) is 5.69 Å². The molecule has 0 bridgehead atoms. The van der Waals surface area contributed by atoms with E-state index in [-0.39, 0.29) is 17.7 Å².